The van der Waals surface area contributed by atoms with E-state index in [1.54, 1.807) is 0 Å². The SMILES string of the molecule is CNC(C)C(C)N1CCC2CCCC21. The first-order chi connectivity index (χ1) is 6.74. The van der Waals surface area contributed by atoms with Crippen LogP contribution in [-0.2, 0) is 0 Å². The van der Waals surface area contributed by atoms with Crippen molar-refractivity contribution in [1.29, 1.82) is 0 Å². The van der Waals surface area contributed by atoms with Crippen LogP contribution in [0.3, 0.4) is 0 Å². The van der Waals surface area contributed by atoms with Gasteiger partial charge in [0.15, 0.2) is 0 Å². The van der Waals surface area contributed by atoms with Gasteiger partial charge in [0.25, 0.3) is 0 Å². The molecule has 4 atom stereocenters. The smallest absolute Gasteiger partial charge is 0.0221 e. The van der Waals surface area contributed by atoms with Gasteiger partial charge in [-0.05, 0) is 52.6 Å². The lowest BCUT2D eigenvalue weighted by Crippen LogP contribution is -2.48. The normalized spacial score (nSPS) is 37.1. The van der Waals surface area contributed by atoms with Crippen molar-refractivity contribution in [2.24, 2.45) is 5.92 Å². The molecule has 2 fully saturated rings. The molecule has 0 spiro atoms. The van der Waals surface area contributed by atoms with E-state index >= 15 is 0 Å². The topological polar surface area (TPSA) is 15.3 Å². The molecule has 1 aliphatic carbocycles. The molecule has 0 radical (unpaired) electrons. The first kappa shape index (κ1) is 10.4. The highest BCUT2D eigenvalue weighted by molar-refractivity contribution is 4.95. The van der Waals surface area contributed by atoms with E-state index in [4.69, 9.17) is 0 Å². The Morgan fingerprint density at radius 2 is 2.00 bits per heavy atom. The predicted octanol–water partition coefficient (Wildman–Crippen LogP) is 1.86. The average molecular weight is 196 g/mol. The molecule has 2 aliphatic rings. The Bertz CT molecular complexity index is 193. The second kappa shape index (κ2) is 4.19. The largest absolute Gasteiger partial charge is 0.316 e. The van der Waals surface area contributed by atoms with Crippen LogP contribution in [-0.4, -0.2) is 36.6 Å². The highest BCUT2D eigenvalue weighted by Gasteiger charge is 2.40. The van der Waals surface area contributed by atoms with E-state index in [2.05, 4.69) is 31.1 Å². The molecule has 1 heterocycles. The zero-order valence-electron chi connectivity index (χ0n) is 9.79. The van der Waals surface area contributed by atoms with Gasteiger partial charge < -0.3 is 5.32 Å². The Labute approximate surface area is 88.1 Å². The molecule has 1 saturated heterocycles. The van der Waals surface area contributed by atoms with Crippen LogP contribution < -0.4 is 5.32 Å². The van der Waals surface area contributed by atoms with E-state index in [0.717, 1.165) is 12.0 Å². The monoisotopic (exact) mass is 196 g/mol. The standard InChI is InChI=1S/C12H24N2/c1-9(13-3)10(2)14-8-7-11-5-4-6-12(11)14/h9-13H,4-8H2,1-3H3. The van der Waals surface area contributed by atoms with Gasteiger partial charge in [-0.2, -0.15) is 0 Å². The van der Waals surface area contributed by atoms with Crippen molar-refractivity contribution >= 4 is 0 Å². The lowest BCUT2D eigenvalue weighted by molar-refractivity contribution is 0.155. The van der Waals surface area contributed by atoms with Crippen LogP contribution in [0, 0.1) is 5.92 Å². The molecule has 82 valence electrons. The summed E-state index contributed by atoms with van der Waals surface area (Å²) in [7, 11) is 2.07. The molecule has 2 nitrogen and oxygen atoms in total. The van der Waals surface area contributed by atoms with Crippen molar-refractivity contribution in [3.63, 3.8) is 0 Å². The fraction of sp³-hybridized carbons (Fsp3) is 1.00. The van der Waals surface area contributed by atoms with Gasteiger partial charge in [0.2, 0.25) is 0 Å². The van der Waals surface area contributed by atoms with E-state index in [9.17, 15) is 0 Å². The van der Waals surface area contributed by atoms with Crippen LogP contribution in [0.15, 0.2) is 0 Å². The van der Waals surface area contributed by atoms with Crippen molar-refractivity contribution in [2.75, 3.05) is 13.6 Å². The molecule has 1 N–H and O–H groups in total. The minimum absolute atomic E-state index is 0.620. The number of fused-ring (bicyclic) bond motifs is 1. The van der Waals surface area contributed by atoms with Crippen molar-refractivity contribution in [3.05, 3.63) is 0 Å². The maximum Gasteiger partial charge on any atom is 0.0221 e. The van der Waals surface area contributed by atoms with Gasteiger partial charge in [-0.1, -0.05) is 6.42 Å². The summed E-state index contributed by atoms with van der Waals surface area (Å²) in [5.41, 5.74) is 0. The van der Waals surface area contributed by atoms with Crippen molar-refractivity contribution in [2.45, 2.75) is 57.7 Å². The summed E-state index contributed by atoms with van der Waals surface area (Å²) < 4.78 is 0. The predicted molar refractivity (Wildman–Crippen MR) is 60.4 cm³/mol. The van der Waals surface area contributed by atoms with Gasteiger partial charge in [0.1, 0.15) is 0 Å². The van der Waals surface area contributed by atoms with E-state index in [-0.39, 0.29) is 0 Å². The molecule has 2 heteroatoms. The van der Waals surface area contributed by atoms with Gasteiger partial charge in [0.05, 0.1) is 0 Å². The third-order valence-electron chi connectivity index (χ3n) is 4.51. The third kappa shape index (κ3) is 1.70. The quantitative estimate of drug-likeness (QED) is 0.741. The molecule has 0 aromatic rings. The molecule has 4 unspecified atom stereocenters. The Balaban J connectivity index is 1.97. The van der Waals surface area contributed by atoms with Crippen LogP contribution in [0.5, 0.6) is 0 Å². The first-order valence-corrected chi connectivity index (χ1v) is 6.17. The van der Waals surface area contributed by atoms with E-state index in [1.165, 1.54) is 32.2 Å². The molecule has 0 bridgehead atoms. The number of nitrogens with one attached hydrogen (secondary N) is 1. The van der Waals surface area contributed by atoms with Gasteiger partial charge >= 0.3 is 0 Å². The Hall–Kier alpha value is -0.0800. The average Bonchev–Trinajstić information content (AvgIpc) is 2.76. The van der Waals surface area contributed by atoms with Gasteiger partial charge in [-0.25, -0.2) is 0 Å². The lowest BCUT2D eigenvalue weighted by atomic mass is 10.0. The number of likely N-dealkylation sites (N-methyl/N-ethyl adjacent to an activating group) is 1. The van der Waals surface area contributed by atoms with Crippen LogP contribution in [0.2, 0.25) is 0 Å². The Morgan fingerprint density at radius 3 is 2.71 bits per heavy atom. The van der Waals surface area contributed by atoms with Crippen LogP contribution in [0.25, 0.3) is 0 Å². The summed E-state index contributed by atoms with van der Waals surface area (Å²) in [4.78, 5) is 2.75. The molecule has 0 amide bonds. The third-order valence-corrected chi connectivity index (χ3v) is 4.51. The molecule has 14 heavy (non-hydrogen) atoms. The second-order valence-corrected chi connectivity index (χ2v) is 5.10. The summed E-state index contributed by atoms with van der Waals surface area (Å²) in [6.07, 6.45) is 5.85. The van der Waals surface area contributed by atoms with Gasteiger partial charge in [0, 0.05) is 18.1 Å². The number of hydrogen-bond donors (Lipinski definition) is 1. The second-order valence-electron chi connectivity index (χ2n) is 5.10. The van der Waals surface area contributed by atoms with Crippen LogP contribution in [0.1, 0.15) is 39.5 Å². The molecule has 1 saturated carbocycles. The number of rotatable bonds is 3. The number of nitrogens with zero attached hydrogens (tertiary/aromatic N) is 1. The fourth-order valence-electron chi connectivity index (χ4n) is 3.31. The van der Waals surface area contributed by atoms with Crippen LogP contribution in [0.4, 0.5) is 0 Å². The van der Waals surface area contributed by atoms with Gasteiger partial charge in [-0.3, -0.25) is 4.90 Å². The summed E-state index contributed by atoms with van der Waals surface area (Å²) in [6, 6.07) is 2.24. The van der Waals surface area contributed by atoms with Crippen molar-refractivity contribution < 1.29 is 0 Å². The molecule has 2 rings (SSSR count). The van der Waals surface area contributed by atoms with E-state index in [0.29, 0.717) is 12.1 Å². The van der Waals surface area contributed by atoms with Crippen LogP contribution >= 0.6 is 0 Å². The summed E-state index contributed by atoms with van der Waals surface area (Å²) in [5, 5.41) is 3.38. The highest BCUT2D eigenvalue weighted by atomic mass is 15.2. The first-order valence-electron chi connectivity index (χ1n) is 6.17. The Kier molecular flexibility index (Phi) is 3.13. The lowest BCUT2D eigenvalue weighted by Gasteiger charge is -2.34. The van der Waals surface area contributed by atoms with Gasteiger partial charge in [-0.15, -0.1) is 0 Å². The van der Waals surface area contributed by atoms with E-state index in [1.807, 2.05) is 0 Å². The molecular formula is C12H24N2. The zero-order valence-corrected chi connectivity index (χ0v) is 9.79. The molecular weight excluding hydrogens is 172 g/mol. The number of likely N-dealkylation sites (tertiary alicyclic amines) is 1. The highest BCUT2D eigenvalue weighted by Crippen LogP contribution is 2.38. The maximum atomic E-state index is 3.38. The minimum atomic E-state index is 0.620. The fourth-order valence-corrected chi connectivity index (χ4v) is 3.31. The zero-order chi connectivity index (χ0) is 10.1. The molecule has 0 aromatic carbocycles. The summed E-state index contributed by atoms with van der Waals surface area (Å²) in [5.74, 6) is 1.03. The van der Waals surface area contributed by atoms with Crippen molar-refractivity contribution in [3.8, 4) is 0 Å². The summed E-state index contributed by atoms with van der Waals surface area (Å²) in [6.45, 7) is 6.01. The number of hydrogen-bond acceptors (Lipinski definition) is 2. The summed E-state index contributed by atoms with van der Waals surface area (Å²) >= 11 is 0. The molecule has 0 aromatic heterocycles. The minimum Gasteiger partial charge on any atom is -0.316 e. The molecule has 1 aliphatic heterocycles. The Morgan fingerprint density at radius 1 is 1.21 bits per heavy atom. The van der Waals surface area contributed by atoms with E-state index < -0.39 is 0 Å². The van der Waals surface area contributed by atoms with Crippen molar-refractivity contribution in [1.82, 2.24) is 10.2 Å². The maximum absolute atomic E-state index is 3.38.